The maximum absolute atomic E-state index is 10.5. The number of nitrogens with zero attached hydrogens (tertiary/aromatic N) is 1. The first-order chi connectivity index (χ1) is 6.72. The molecule has 74 valence electrons. The summed E-state index contributed by atoms with van der Waals surface area (Å²) in [5, 5.41) is 21.0. The van der Waals surface area contributed by atoms with E-state index in [1.54, 1.807) is 12.1 Å². The highest BCUT2D eigenvalue weighted by Crippen LogP contribution is 2.08. The minimum atomic E-state index is -0.600. The van der Waals surface area contributed by atoms with E-state index in [2.05, 4.69) is 10.5 Å². The maximum Gasteiger partial charge on any atom is 0.265 e. The molecule has 0 aliphatic rings. The van der Waals surface area contributed by atoms with Gasteiger partial charge < -0.3 is 10.2 Å². The van der Waals surface area contributed by atoms with Crippen LogP contribution in [-0.4, -0.2) is 28.9 Å². The molecule has 0 spiro atoms. The summed E-state index contributed by atoms with van der Waals surface area (Å²) in [5.74, 6) is -0.455. The molecule has 1 rings (SSSR count). The first-order valence-electron chi connectivity index (χ1n) is 3.94. The summed E-state index contributed by atoms with van der Waals surface area (Å²) in [7, 11) is 0. The lowest BCUT2D eigenvalue weighted by Gasteiger charge is -1.95. The molecule has 1 amide bonds. The molecule has 0 saturated heterocycles. The zero-order chi connectivity index (χ0) is 10.4. The van der Waals surface area contributed by atoms with Crippen LogP contribution in [0.2, 0.25) is 0 Å². The Morgan fingerprint density at radius 3 is 3.00 bits per heavy atom. The molecule has 5 nitrogen and oxygen atoms in total. The lowest BCUT2D eigenvalue weighted by molar-refractivity contribution is -0.123. The Kier molecular flexibility index (Phi) is 3.63. The zero-order valence-electron chi connectivity index (χ0n) is 7.34. The Bertz CT molecular complexity index is 350. The molecule has 0 saturated carbocycles. The number of hydrazone groups is 1. The molecule has 0 radical (unpaired) electrons. The molecule has 1 aromatic rings. The van der Waals surface area contributed by atoms with E-state index in [0.717, 1.165) is 0 Å². The number of aliphatic hydroxyl groups is 1. The van der Waals surface area contributed by atoms with E-state index in [9.17, 15) is 4.79 Å². The summed E-state index contributed by atoms with van der Waals surface area (Å²) in [4.78, 5) is 10.5. The highest BCUT2D eigenvalue weighted by Gasteiger charge is 1.93. The van der Waals surface area contributed by atoms with Crippen molar-refractivity contribution in [2.75, 3.05) is 6.61 Å². The number of carbonyl (C=O) groups excluding carboxylic acids is 1. The number of hydrogen-bond acceptors (Lipinski definition) is 4. The molecule has 0 unspecified atom stereocenters. The Labute approximate surface area is 80.7 Å². The van der Waals surface area contributed by atoms with Crippen molar-refractivity contribution in [3.63, 3.8) is 0 Å². The fourth-order valence-corrected chi connectivity index (χ4v) is 0.819. The molecule has 1 aromatic carbocycles. The number of nitrogens with one attached hydrogen (secondary N) is 1. The number of aromatic hydroxyl groups is 1. The number of phenols is 1. The third-order valence-electron chi connectivity index (χ3n) is 1.42. The smallest absolute Gasteiger partial charge is 0.265 e. The molecular formula is C9H10N2O3. The molecule has 5 heteroatoms. The Morgan fingerprint density at radius 2 is 2.36 bits per heavy atom. The number of phenolic OH excluding ortho intramolecular Hbond substituents is 1. The van der Waals surface area contributed by atoms with Gasteiger partial charge in [-0.25, -0.2) is 5.43 Å². The molecular weight excluding hydrogens is 184 g/mol. The van der Waals surface area contributed by atoms with Gasteiger partial charge in [-0.15, -0.1) is 0 Å². The van der Waals surface area contributed by atoms with E-state index >= 15 is 0 Å². The largest absolute Gasteiger partial charge is 0.508 e. The number of aliphatic hydroxyl groups excluding tert-OH is 1. The summed E-state index contributed by atoms with van der Waals surface area (Å²) in [6, 6.07) is 6.40. The number of rotatable bonds is 3. The van der Waals surface area contributed by atoms with E-state index in [4.69, 9.17) is 10.2 Å². The van der Waals surface area contributed by atoms with Crippen LogP contribution in [0.15, 0.2) is 29.4 Å². The molecule has 0 bridgehead atoms. The van der Waals surface area contributed by atoms with Gasteiger partial charge in [0, 0.05) is 0 Å². The van der Waals surface area contributed by atoms with Crippen LogP contribution < -0.4 is 5.43 Å². The molecule has 0 aliphatic carbocycles. The average molecular weight is 194 g/mol. The lowest BCUT2D eigenvalue weighted by Crippen LogP contribution is -2.20. The topological polar surface area (TPSA) is 81.9 Å². The fourth-order valence-electron chi connectivity index (χ4n) is 0.819. The van der Waals surface area contributed by atoms with E-state index in [0.29, 0.717) is 5.56 Å². The van der Waals surface area contributed by atoms with Crippen molar-refractivity contribution in [2.45, 2.75) is 0 Å². The number of hydrogen-bond donors (Lipinski definition) is 3. The van der Waals surface area contributed by atoms with Crippen LogP contribution in [0.1, 0.15) is 5.56 Å². The van der Waals surface area contributed by atoms with Crippen molar-refractivity contribution in [1.82, 2.24) is 5.43 Å². The molecule has 0 fully saturated rings. The zero-order valence-corrected chi connectivity index (χ0v) is 7.34. The predicted octanol–water partition coefficient (Wildman–Crippen LogP) is -0.165. The standard InChI is InChI=1S/C9H10N2O3/c12-6-9(14)11-10-5-7-2-1-3-8(13)4-7/h1-5,12-13H,6H2,(H,11,14)/b10-5-. The summed E-state index contributed by atoms with van der Waals surface area (Å²) in [5.41, 5.74) is 2.75. The highest BCUT2D eigenvalue weighted by atomic mass is 16.3. The quantitative estimate of drug-likeness (QED) is 0.461. The normalized spacial score (nSPS) is 10.4. The van der Waals surface area contributed by atoms with Gasteiger partial charge in [-0.2, -0.15) is 5.10 Å². The predicted molar refractivity (Wildman–Crippen MR) is 50.9 cm³/mol. The van der Waals surface area contributed by atoms with Gasteiger partial charge in [0.2, 0.25) is 0 Å². The minimum Gasteiger partial charge on any atom is -0.508 e. The van der Waals surface area contributed by atoms with Gasteiger partial charge in [-0.05, 0) is 17.7 Å². The molecule has 0 aromatic heterocycles. The van der Waals surface area contributed by atoms with Crippen LogP contribution in [0.4, 0.5) is 0 Å². The summed E-state index contributed by atoms with van der Waals surface area (Å²) in [6.07, 6.45) is 1.37. The van der Waals surface area contributed by atoms with E-state index in [1.807, 2.05) is 0 Å². The maximum atomic E-state index is 10.5. The fraction of sp³-hybridized carbons (Fsp3) is 0.111. The van der Waals surface area contributed by atoms with Crippen molar-refractivity contribution < 1.29 is 15.0 Å². The van der Waals surface area contributed by atoms with E-state index in [-0.39, 0.29) is 5.75 Å². The van der Waals surface area contributed by atoms with E-state index < -0.39 is 12.5 Å². The SMILES string of the molecule is O=C(CO)N/N=C\c1cccc(O)c1. The van der Waals surface area contributed by atoms with Gasteiger partial charge >= 0.3 is 0 Å². The second-order valence-electron chi connectivity index (χ2n) is 2.55. The van der Waals surface area contributed by atoms with Crippen molar-refractivity contribution >= 4 is 12.1 Å². The Balaban J connectivity index is 2.56. The first-order valence-corrected chi connectivity index (χ1v) is 3.94. The van der Waals surface area contributed by atoms with Crippen molar-refractivity contribution in [3.8, 4) is 5.75 Å². The first kappa shape index (κ1) is 10.2. The monoisotopic (exact) mass is 194 g/mol. The van der Waals surface area contributed by atoms with Crippen LogP contribution in [0.5, 0.6) is 5.75 Å². The van der Waals surface area contributed by atoms with Gasteiger partial charge in [0.25, 0.3) is 5.91 Å². The van der Waals surface area contributed by atoms with Gasteiger partial charge in [-0.1, -0.05) is 12.1 Å². The summed E-state index contributed by atoms with van der Waals surface area (Å²) >= 11 is 0. The van der Waals surface area contributed by atoms with Crippen LogP contribution in [0, 0.1) is 0 Å². The van der Waals surface area contributed by atoms with Crippen LogP contribution in [-0.2, 0) is 4.79 Å². The lowest BCUT2D eigenvalue weighted by atomic mass is 10.2. The van der Waals surface area contributed by atoms with E-state index in [1.165, 1.54) is 18.3 Å². The van der Waals surface area contributed by atoms with Crippen molar-refractivity contribution in [2.24, 2.45) is 5.10 Å². The molecule has 3 N–H and O–H groups in total. The van der Waals surface area contributed by atoms with Crippen molar-refractivity contribution in [3.05, 3.63) is 29.8 Å². The number of amides is 1. The second-order valence-corrected chi connectivity index (χ2v) is 2.55. The molecule has 0 atom stereocenters. The third kappa shape index (κ3) is 3.24. The van der Waals surface area contributed by atoms with Gasteiger partial charge in [0.1, 0.15) is 12.4 Å². The van der Waals surface area contributed by atoms with Gasteiger partial charge in [0.15, 0.2) is 0 Å². The number of carbonyl (C=O) groups is 1. The molecule has 0 heterocycles. The number of benzene rings is 1. The second kappa shape index (κ2) is 4.98. The Hall–Kier alpha value is -1.88. The average Bonchev–Trinajstić information content (AvgIpc) is 2.17. The minimum absolute atomic E-state index is 0.127. The van der Waals surface area contributed by atoms with Gasteiger partial charge in [-0.3, -0.25) is 4.79 Å². The third-order valence-corrected chi connectivity index (χ3v) is 1.42. The highest BCUT2D eigenvalue weighted by molar-refractivity contribution is 5.83. The molecule has 14 heavy (non-hydrogen) atoms. The molecule has 0 aliphatic heterocycles. The van der Waals surface area contributed by atoms with Gasteiger partial charge in [0.05, 0.1) is 6.21 Å². The van der Waals surface area contributed by atoms with Crippen LogP contribution in [0.3, 0.4) is 0 Å². The summed E-state index contributed by atoms with van der Waals surface area (Å²) in [6.45, 7) is -0.600. The summed E-state index contributed by atoms with van der Waals surface area (Å²) < 4.78 is 0. The van der Waals surface area contributed by atoms with Crippen LogP contribution >= 0.6 is 0 Å². The van der Waals surface area contributed by atoms with Crippen LogP contribution in [0.25, 0.3) is 0 Å². The Morgan fingerprint density at radius 1 is 1.57 bits per heavy atom. The van der Waals surface area contributed by atoms with Crippen molar-refractivity contribution in [1.29, 1.82) is 0 Å².